The highest BCUT2D eigenvalue weighted by molar-refractivity contribution is 5.76. The second-order valence-electron chi connectivity index (χ2n) is 4.79. The molecule has 1 N–H and O–H groups in total. The van der Waals surface area contributed by atoms with E-state index in [2.05, 4.69) is 5.32 Å². The average molecular weight is 270 g/mol. The van der Waals surface area contributed by atoms with Crippen molar-refractivity contribution in [2.45, 2.75) is 26.4 Å². The molecule has 0 unspecified atom stereocenters. The maximum absolute atomic E-state index is 12.0. The van der Waals surface area contributed by atoms with E-state index in [0.717, 1.165) is 11.3 Å². The van der Waals surface area contributed by atoms with Gasteiger partial charge >= 0.3 is 0 Å². The van der Waals surface area contributed by atoms with Gasteiger partial charge in [0.2, 0.25) is 5.91 Å². The van der Waals surface area contributed by atoms with Gasteiger partial charge in [-0.2, -0.15) is 0 Å². The van der Waals surface area contributed by atoms with Crippen LogP contribution in [0.1, 0.15) is 24.2 Å². The molecule has 0 fully saturated rings. The number of carbonyl (C=O) groups excluding carboxylic acids is 1. The van der Waals surface area contributed by atoms with Crippen LogP contribution in [0.15, 0.2) is 53.3 Å². The maximum atomic E-state index is 12.0. The van der Waals surface area contributed by atoms with Crippen molar-refractivity contribution in [3.63, 3.8) is 0 Å². The smallest absolute Gasteiger partial charge is 0.251 e. The van der Waals surface area contributed by atoms with E-state index in [4.69, 9.17) is 0 Å². The lowest BCUT2D eigenvalue weighted by molar-refractivity contribution is -0.122. The van der Waals surface area contributed by atoms with E-state index < -0.39 is 0 Å². The fourth-order valence-electron chi connectivity index (χ4n) is 2.08. The maximum Gasteiger partial charge on any atom is 0.251 e. The van der Waals surface area contributed by atoms with Crippen LogP contribution < -0.4 is 10.9 Å². The molecule has 0 aliphatic rings. The molecule has 4 heteroatoms. The van der Waals surface area contributed by atoms with Gasteiger partial charge in [-0.05, 0) is 25.5 Å². The first-order chi connectivity index (χ1) is 9.58. The van der Waals surface area contributed by atoms with Crippen molar-refractivity contribution < 1.29 is 4.79 Å². The van der Waals surface area contributed by atoms with E-state index in [1.54, 1.807) is 6.07 Å². The second kappa shape index (κ2) is 6.19. The first-order valence-electron chi connectivity index (χ1n) is 6.58. The van der Waals surface area contributed by atoms with E-state index >= 15 is 0 Å². The molecule has 1 amide bonds. The quantitative estimate of drug-likeness (QED) is 0.924. The van der Waals surface area contributed by atoms with Gasteiger partial charge < -0.3 is 9.88 Å². The summed E-state index contributed by atoms with van der Waals surface area (Å²) in [6.45, 7) is 3.78. The lowest BCUT2D eigenvalue weighted by Gasteiger charge is -2.15. The van der Waals surface area contributed by atoms with E-state index in [0.29, 0.717) is 0 Å². The molecule has 1 atom stereocenters. The number of nitrogens with zero attached hydrogens (tertiary/aromatic N) is 1. The van der Waals surface area contributed by atoms with Gasteiger partial charge in [0.25, 0.3) is 5.56 Å². The first kappa shape index (κ1) is 14.1. The van der Waals surface area contributed by atoms with Crippen LogP contribution in [0.4, 0.5) is 0 Å². The minimum Gasteiger partial charge on any atom is -0.348 e. The third kappa shape index (κ3) is 3.35. The predicted molar refractivity (Wildman–Crippen MR) is 78.4 cm³/mol. The molecule has 0 aliphatic carbocycles. The van der Waals surface area contributed by atoms with Crippen LogP contribution in [0.5, 0.6) is 0 Å². The van der Waals surface area contributed by atoms with Crippen LogP contribution in [0, 0.1) is 6.92 Å². The Kier molecular flexibility index (Phi) is 4.35. The van der Waals surface area contributed by atoms with Crippen LogP contribution in [-0.4, -0.2) is 10.5 Å². The molecule has 4 nitrogen and oxygen atoms in total. The molecule has 0 saturated heterocycles. The van der Waals surface area contributed by atoms with Gasteiger partial charge in [-0.1, -0.05) is 36.4 Å². The summed E-state index contributed by atoms with van der Waals surface area (Å²) in [5.41, 5.74) is 1.66. The minimum absolute atomic E-state index is 0.0443. The van der Waals surface area contributed by atoms with Gasteiger partial charge in [0.05, 0.1) is 6.04 Å². The van der Waals surface area contributed by atoms with E-state index in [1.165, 1.54) is 10.6 Å². The Hall–Kier alpha value is -2.36. The van der Waals surface area contributed by atoms with Gasteiger partial charge in [-0.3, -0.25) is 9.59 Å². The van der Waals surface area contributed by atoms with Crippen molar-refractivity contribution in [1.29, 1.82) is 0 Å². The second-order valence-corrected chi connectivity index (χ2v) is 4.79. The zero-order valence-electron chi connectivity index (χ0n) is 11.7. The van der Waals surface area contributed by atoms with Crippen LogP contribution in [0.25, 0.3) is 0 Å². The van der Waals surface area contributed by atoms with E-state index in [1.807, 2.05) is 50.2 Å². The molecular weight excluding hydrogens is 252 g/mol. The third-order valence-electron chi connectivity index (χ3n) is 3.25. The Morgan fingerprint density at radius 2 is 1.85 bits per heavy atom. The topological polar surface area (TPSA) is 51.1 Å². The fourth-order valence-corrected chi connectivity index (χ4v) is 2.08. The van der Waals surface area contributed by atoms with Crippen molar-refractivity contribution in [2.24, 2.45) is 0 Å². The monoisotopic (exact) mass is 270 g/mol. The van der Waals surface area contributed by atoms with Crippen LogP contribution in [-0.2, 0) is 11.3 Å². The third-order valence-corrected chi connectivity index (χ3v) is 3.25. The summed E-state index contributed by atoms with van der Waals surface area (Å²) in [4.78, 5) is 23.7. The Labute approximate surface area is 118 Å². The van der Waals surface area contributed by atoms with E-state index in [-0.39, 0.29) is 24.1 Å². The molecule has 0 aliphatic heterocycles. The SMILES string of the molecule is Cc1cccc(=O)n1CC(=O)N[C@H](C)c1ccccc1. The molecule has 0 saturated carbocycles. The van der Waals surface area contributed by atoms with Gasteiger partial charge in [0, 0.05) is 11.8 Å². The molecule has 20 heavy (non-hydrogen) atoms. The van der Waals surface area contributed by atoms with Crippen LogP contribution >= 0.6 is 0 Å². The molecular formula is C16H18N2O2. The minimum atomic E-state index is -0.169. The summed E-state index contributed by atoms with van der Waals surface area (Å²) in [5.74, 6) is -0.169. The zero-order valence-corrected chi connectivity index (χ0v) is 11.7. The van der Waals surface area contributed by atoms with Crippen molar-refractivity contribution >= 4 is 5.91 Å². The highest BCUT2D eigenvalue weighted by atomic mass is 16.2. The van der Waals surface area contributed by atoms with E-state index in [9.17, 15) is 9.59 Å². The van der Waals surface area contributed by atoms with Crippen molar-refractivity contribution in [3.05, 3.63) is 70.1 Å². The summed E-state index contributed by atoms with van der Waals surface area (Å²) >= 11 is 0. The van der Waals surface area contributed by atoms with Crippen molar-refractivity contribution in [3.8, 4) is 0 Å². The largest absolute Gasteiger partial charge is 0.348 e. The standard InChI is InChI=1S/C16H18N2O2/c1-12-7-6-10-16(20)18(12)11-15(19)17-13(2)14-8-4-3-5-9-14/h3-10,13H,11H2,1-2H3,(H,17,19)/t13-/m1/s1. The number of rotatable bonds is 4. The fraction of sp³-hybridized carbons (Fsp3) is 0.250. The predicted octanol–water partition coefficient (Wildman–Crippen LogP) is 2.03. The molecule has 1 heterocycles. The lowest BCUT2D eigenvalue weighted by Crippen LogP contribution is -2.34. The van der Waals surface area contributed by atoms with Crippen LogP contribution in [0.2, 0.25) is 0 Å². The number of benzene rings is 1. The molecule has 1 aromatic heterocycles. The normalized spacial score (nSPS) is 11.9. The first-order valence-corrected chi connectivity index (χ1v) is 6.58. The summed E-state index contributed by atoms with van der Waals surface area (Å²) in [7, 11) is 0. The Morgan fingerprint density at radius 3 is 2.50 bits per heavy atom. The summed E-state index contributed by atoms with van der Waals surface area (Å²) in [6, 6.07) is 14.6. The van der Waals surface area contributed by atoms with Gasteiger partial charge in [-0.15, -0.1) is 0 Å². The Morgan fingerprint density at radius 1 is 1.15 bits per heavy atom. The molecule has 2 aromatic rings. The summed E-state index contributed by atoms with van der Waals surface area (Å²) < 4.78 is 1.47. The molecule has 0 bridgehead atoms. The Balaban J connectivity index is 2.05. The number of aromatic nitrogens is 1. The zero-order chi connectivity index (χ0) is 14.5. The molecule has 0 spiro atoms. The average Bonchev–Trinajstić information content (AvgIpc) is 2.44. The molecule has 2 rings (SSSR count). The number of hydrogen-bond acceptors (Lipinski definition) is 2. The number of hydrogen-bond donors (Lipinski definition) is 1. The number of nitrogens with one attached hydrogen (secondary N) is 1. The Bertz CT molecular complexity index is 647. The highest BCUT2D eigenvalue weighted by Crippen LogP contribution is 2.10. The van der Waals surface area contributed by atoms with Gasteiger partial charge in [-0.25, -0.2) is 0 Å². The van der Waals surface area contributed by atoms with Crippen molar-refractivity contribution in [2.75, 3.05) is 0 Å². The number of pyridine rings is 1. The number of aryl methyl sites for hydroxylation is 1. The summed E-state index contributed by atoms with van der Waals surface area (Å²) in [6.07, 6.45) is 0. The highest BCUT2D eigenvalue weighted by Gasteiger charge is 2.11. The number of carbonyl (C=O) groups is 1. The van der Waals surface area contributed by atoms with Gasteiger partial charge in [0.15, 0.2) is 0 Å². The van der Waals surface area contributed by atoms with Crippen molar-refractivity contribution in [1.82, 2.24) is 9.88 Å². The van der Waals surface area contributed by atoms with Gasteiger partial charge in [0.1, 0.15) is 6.54 Å². The molecule has 1 aromatic carbocycles. The van der Waals surface area contributed by atoms with Crippen LogP contribution in [0.3, 0.4) is 0 Å². The lowest BCUT2D eigenvalue weighted by atomic mass is 10.1. The summed E-state index contributed by atoms with van der Waals surface area (Å²) in [5, 5.41) is 2.90. The number of amides is 1. The molecule has 104 valence electrons. The molecule has 0 radical (unpaired) electrons.